The molecule has 0 aliphatic heterocycles. The standard InChI is InChI=1S/C15H24FNO/c1-3-4-8-14(11-18)17-12(2)10-13-7-5-6-9-15(13)16/h5-7,9,12,14,17-18H,3-4,8,10-11H2,1-2H3/t12-,14+/m0/s1. The van der Waals surface area contributed by atoms with Gasteiger partial charge in [0.05, 0.1) is 6.61 Å². The topological polar surface area (TPSA) is 32.3 Å². The van der Waals surface area contributed by atoms with Crippen molar-refractivity contribution in [3.8, 4) is 0 Å². The summed E-state index contributed by atoms with van der Waals surface area (Å²) < 4.78 is 13.5. The second kappa shape index (κ2) is 8.22. The number of nitrogens with one attached hydrogen (secondary N) is 1. The van der Waals surface area contributed by atoms with E-state index in [9.17, 15) is 9.50 Å². The number of aliphatic hydroxyl groups is 1. The van der Waals surface area contributed by atoms with E-state index in [2.05, 4.69) is 12.2 Å². The summed E-state index contributed by atoms with van der Waals surface area (Å²) in [5.41, 5.74) is 0.727. The molecule has 2 nitrogen and oxygen atoms in total. The van der Waals surface area contributed by atoms with Gasteiger partial charge in [-0.1, -0.05) is 38.0 Å². The molecule has 0 aliphatic rings. The molecule has 0 heterocycles. The summed E-state index contributed by atoms with van der Waals surface area (Å²) in [4.78, 5) is 0. The highest BCUT2D eigenvalue weighted by atomic mass is 19.1. The van der Waals surface area contributed by atoms with Crippen LogP contribution in [0.3, 0.4) is 0 Å². The van der Waals surface area contributed by atoms with E-state index >= 15 is 0 Å². The second-order valence-corrected chi connectivity index (χ2v) is 4.88. The van der Waals surface area contributed by atoms with Crippen LogP contribution in [-0.2, 0) is 6.42 Å². The Bertz CT molecular complexity index is 343. The Balaban J connectivity index is 2.45. The molecule has 0 radical (unpaired) electrons. The van der Waals surface area contributed by atoms with Crippen molar-refractivity contribution in [1.82, 2.24) is 5.32 Å². The van der Waals surface area contributed by atoms with E-state index in [1.807, 2.05) is 19.1 Å². The first-order valence-electron chi connectivity index (χ1n) is 6.77. The fourth-order valence-corrected chi connectivity index (χ4v) is 2.13. The van der Waals surface area contributed by atoms with Gasteiger partial charge >= 0.3 is 0 Å². The predicted octanol–water partition coefficient (Wildman–Crippen LogP) is 2.90. The van der Waals surface area contributed by atoms with Crippen LogP contribution in [0.25, 0.3) is 0 Å². The Labute approximate surface area is 109 Å². The molecule has 2 N–H and O–H groups in total. The molecule has 0 fully saturated rings. The molecule has 1 rings (SSSR count). The molecule has 0 spiro atoms. The van der Waals surface area contributed by atoms with Gasteiger partial charge in [-0.3, -0.25) is 0 Å². The van der Waals surface area contributed by atoms with Crippen molar-refractivity contribution < 1.29 is 9.50 Å². The van der Waals surface area contributed by atoms with Gasteiger partial charge in [0.1, 0.15) is 5.82 Å². The largest absolute Gasteiger partial charge is 0.395 e. The van der Waals surface area contributed by atoms with Gasteiger partial charge in [0.2, 0.25) is 0 Å². The summed E-state index contributed by atoms with van der Waals surface area (Å²) in [6.07, 6.45) is 3.84. The quantitative estimate of drug-likeness (QED) is 0.746. The number of hydrogen-bond donors (Lipinski definition) is 2. The molecule has 1 aromatic rings. The van der Waals surface area contributed by atoms with Crippen molar-refractivity contribution in [3.63, 3.8) is 0 Å². The average molecular weight is 253 g/mol. The van der Waals surface area contributed by atoms with Crippen molar-refractivity contribution in [2.75, 3.05) is 6.61 Å². The van der Waals surface area contributed by atoms with E-state index in [4.69, 9.17) is 0 Å². The predicted molar refractivity (Wildman–Crippen MR) is 73.1 cm³/mol. The van der Waals surface area contributed by atoms with Crippen LogP contribution < -0.4 is 5.32 Å². The maximum atomic E-state index is 13.5. The maximum Gasteiger partial charge on any atom is 0.126 e. The maximum absolute atomic E-state index is 13.5. The van der Waals surface area contributed by atoms with Gasteiger partial charge in [0.25, 0.3) is 0 Å². The van der Waals surface area contributed by atoms with Crippen LogP contribution in [0.15, 0.2) is 24.3 Å². The molecule has 0 saturated heterocycles. The Kier molecular flexibility index (Phi) is 6.91. The summed E-state index contributed by atoms with van der Waals surface area (Å²) in [5, 5.41) is 12.6. The van der Waals surface area contributed by atoms with Crippen molar-refractivity contribution >= 4 is 0 Å². The number of benzene rings is 1. The number of aliphatic hydroxyl groups excluding tert-OH is 1. The summed E-state index contributed by atoms with van der Waals surface area (Å²) in [7, 11) is 0. The van der Waals surface area contributed by atoms with Gasteiger partial charge in [-0.2, -0.15) is 0 Å². The van der Waals surface area contributed by atoms with Gasteiger partial charge in [-0.25, -0.2) is 4.39 Å². The van der Waals surface area contributed by atoms with E-state index in [1.165, 1.54) is 6.07 Å². The third-order valence-electron chi connectivity index (χ3n) is 3.13. The molecule has 0 aliphatic carbocycles. The lowest BCUT2D eigenvalue weighted by molar-refractivity contribution is 0.223. The zero-order valence-electron chi connectivity index (χ0n) is 11.3. The van der Waals surface area contributed by atoms with Gasteiger partial charge in [0, 0.05) is 12.1 Å². The van der Waals surface area contributed by atoms with E-state index in [1.54, 1.807) is 6.07 Å². The zero-order valence-corrected chi connectivity index (χ0v) is 11.3. The molecular weight excluding hydrogens is 229 g/mol. The fraction of sp³-hybridized carbons (Fsp3) is 0.600. The molecule has 0 amide bonds. The van der Waals surface area contributed by atoms with E-state index in [-0.39, 0.29) is 24.5 Å². The molecule has 0 aromatic heterocycles. The Morgan fingerprint density at radius 1 is 1.33 bits per heavy atom. The molecule has 18 heavy (non-hydrogen) atoms. The van der Waals surface area contributed by atoms with Crippen LogP contribution in [0, 0.1) is 5.82 Å². The van der Waals surface area contributed by atoms with Crippen molar-refractivity contribution in [2.24, 2.45) is 0 Å². The summed E-state index contributed by atoms with van der Waals surface area (Å²) in [6, 6.07) is 7.14. The van der Waals surface area contributed by atoms with Crippen LogP contribution in [0.5, 0.6) is 0 Å². The average Bonchev–Trinajstić information content (AvgIpc) is 2.37. The fourth-order valence-electron chi connectivity index (χ4n) is 2.13. The lowest BCUT2D eigenvalue weighted by Gasteiger charge is -2.21. The summed E-state index contributed by atoms with van der Waals surface area (Å²) in [5.74, 6) is -0.153. The van der Waals surface area contributed by atoms with Gasteiger partial charge in [-0.05, 0) is 31.4 Å². The third-order valence-corrected chi connectivity index (χ3v) is 3.13. The molecule has 2 atom stereocenters. The minimum Gasteiger partial charge on any atom is -0.395 e. The highest BCUT2D eigenvalue weighted by Crippen LogP contribution is 2.10. The molecule has 102 valence electrons. The zero-order chi connectivity index (χ0) is 13.4. The third kappa shape index (κ3) is 5.15. The lowest BCUT2D eigenvalue weighted by Crippen LogP contribution is -2.40. The van der Waals surface area contributed by atoms with Crippen molar-refractivity contribution in [1.29, 1.82) is 0 Å². The van der Waals surface area contributed by atoms with Crippen LogP contribution in [0.1, 0.15) is 38.7 Å². The van der Waals surface area contributed by atoms with Crippen LogP contribution >= 0.6 is 0 Å². The summed E-state index contributed by atoms with van der Waals surface area (Å²) >= 11 is 0. The van der Waals surface area contributed by atoms with Crippen molar-refractivity contribution in [3.05, 3.63) is 35.6 Å². The molecule has 0 saturated carbocycles. The Morgan fingerprint density at radius 3 is 2.67 bits per heavy atom. The van der Waals surface area contributed by atoms with Crippen LogP contribution in [0.4, 0.5) is 4.39 Å². The van der Waals surface area contributed by atoms with Gasteiger partial charge < -0.3 is 10.4 Å². The van der Waals surface area contributed by atoms with Gasteiger partial charge in [0.15, 0.2) is 0 Å². The first kappa shape index (κ1) is 15.1. The molecule has 3 heteroatoms. The van der Waals surface area contributed by atoms with Gasteiger partial charge in [-0.15, -0.1) is 0 Å². The smallest absolute Gasteiger partial charge is 0.126 e. The van der Waals surface area contributed by atoms with E-state index in [0.29, 0.717) is 6.42 Å². The van der Waals surface area contributed by atoms with Crippen LogP contribution in [0.2, 0.25) is 0 Å². The van der Waals surface area contributed by atoms with E-state index in [0.717, 1.165) is 24.8 Å². The normalized spacial score (nSPS) is 14.4. The highest BCUT2D eigenvalue weighted by Gasteiger charge is 2.12. The molecule has 1 aromatic carbocycles. The second-order valence-electron chi connectivity index (χ2n) is 4.88. The lowest BCUT2D eigenvalue weighted by atomic mass is 10.0. The molecular formula is C15H24FNO. The highest BCUT2D eigenvalue weighted by molar-refractivity contribution is 5.18. The molecule has 0 bridgehead atoms. The molecule has 0 unspecified atom stereocenters. The minimum absolute atomic E-state index is 0.117. The minimum atomic E-state index is -0.153. The number of halogens is 1. The SMILES string of the molecule is CCCC[C@H](CO)N[C@@H](C)Cc1ccccc1F. The Hall–Kier alpha value is -0.930. The van der Waals surface area contributed by atoms with Crippen molar-refractivity contribution in [2.45, 2.75) is 51.6 Å². The first-order valence-corrected chi connectivity index (χ1v) is 6.77. The number of unbranched alkanes of at least 4 members (excludes halogenated alkanes) is 1. The van der Waals surface area contributed by atoms with Crippen LogP contribution in [-0.4, -0.2) is 23.8 Å². The first-order chi connectivity index (χ1) is 8.67. The number of hydrogen-bond acceptors (Lipinski definition) is 2. The van der Waals surface area contributed by atoms with E-state index < -0.39 is 0 Å². The number of rotatable bonds is 8. The summed E-state index contributed by atoms with van der Waals surface area (Å²) in [6.45, 7) is 4.31. The Morgan fingerprint density at radius 2 is 2.06 bits per heavy atom. The monoisotopic (exact) mass is 253 g/mol.